The molecule has 4 aromatic rings. The van der Waals surface area contributed by atoms with E-state index in [9.17, 15) is 14.0 Å². The molecule has 1 aromatic heterocycles. The Labute approximate surface area is 225 Å². The van der Waals surface area contributed by atoms with Gasteiger partial charge in [0.1, 0.15) is 29.4 Å². The Balaban J connectivity index is 1.60. The van der Waals surface area contributed by atoms with Crippen LogP contribution in [0.15, 0.2) is 65.2 Å². The molecule has 1 amide bonds. The zero-order valence-corrected chi connectivity index (χ0v) is 21.2. The van der Waals surface area contributed by atoms with Gasteiger partial charge in [0.05, 0.1) is 23.0 Å². The van der Waals surface area contributed by atoms with Gasteiger partial charge in [0.25, 0.3) is 5.91 Å². The summed E-state index contributed by atoms with van der Waals surface area (Å²) >= 11 is 18.4. The maximum absolute atomic E-state index is 13.5. The highest BCUT2D eigenvalue weighted by atomic mass is 35.5. The molecule has 0 aliphatic heterocycles. The highest BCUT2D eigenvalue weighted by Crippen LogP contribution is 2.36. The van der Waals surface area contributed by atoms with Crippen molar-refractivity contribution in [2.45, 2.75) is 6.42 Å². The minimum absolute atomic E-state index is 0.0732. The van der Waals surface area contributed by atoms with Gasteiger partial charge < -0.3 is 19.7 Å². The summed E-state index contributed by atoms with van der Waals surface area (Å²) in [6.07, 6.45) is -0.218. The van der Waals surface area contributed by atoms with Gasteiger partial charge >= 0.3 is 5.97 Å². The number of aliphatic carboxylic acids is 1. The molecule has 0 spiro atoms. The fourth-order valence-corrected chi connectivity index (χ4v) is 4.28. The Kier molecular flexibility index (Phi) is 8.33. The number of amides is 1. The molecule has 0 aliphatic rings. The maximum Gasteiger partial charge on any atom is 0.307 e. The predicted molar refractivity (Wildman–Crippen MR) is 138 cm³/mol. The smallest absolute Gasteiger partial charge is 0.307 e. The highest BCUT2D eigenvalue weighted by molar-refractivity contribution is 6.35. The van der Waals surface area contributed by atoms with Crippen LogP contribution in [-0.4, -0.2) is 35.3 Å². The van der Waals surface area contributed by atoms with E-state index in [-0.39, 0.29) is 41.6 Å². The van der Waals surface area contributed by atoms with Crippen molar-refractivity contribution in [2.24, 2.45) is 0 Å². The summed E-state index contributed by atoms with van der Waals surface area (Å²) in [5.74, 6) is -1.48. The summed E-state index contributed by atoms with van der Waals surface area (Å²) in [5.41, 5.74) is 1.48. The Bertz CT molecular complexity index is 1460. The van der Waals surface area contributed by atoms with Gasteiger partial charge in [-0.1, -0.05) is 52.1 Å². The summed E-state index contributed by atoms with van der Waals surface area (Å²) in [7, 11) is 0. The van der Waals surface area contributed by atoms with Gasteiger partial charge in [-0.3, -0.25) is 9.59 Å². The Hall–Kier alpha value is -3.59. The average molecular weight is 564 g/mol. The van der Waals surface area contributed by atoms with Gasteiger partial charge in [0, 0.05) is 16.1 Å². The number of nitrogens with zero attached hydrogens (tertiary/aromatic N) is 1. The van der Waals surface area contributed by atoms with Gasteiger partial charge in [0.2, 0.25) is 0 Å². The number of carbonyl (C=O) groups excluding carboxylic acids is 1. The van der Waals surface area contributed by atoms with Crippen molar-refractivity contribution >= 4 is 46.7 Å². The highest BCUT2D eigenvalue weighted by Gasteiger charge is 2.26. The van der Waals surface area contributed by atoms with Gasteiger partial charge in [-0.05, 0) is 54.1 Å². The van der Waals surface area contributed by atoms with Gasteiger partial charge in [-0.15, -0.1) is 0 Å². The first kappa shape index (κ1) is 26.5. The van der Waals surface area contributed by atoms with E-state index < -0.39 is 17.7 Å². The van der Waals surface area contributed by atoms with Crippen LogP contribution in [0.3, 0.4) is 0 Å². The molecule has 0 aliphatic carbocycles. The van der Waals surface area contributed by atoms with Crippen molar-refractivity contribution in [1.82, 2.24) is 10.5 Å². The molecular formula is C26H18Cl3FN2O5. The van der Waals surface area contributed by atoms with Crippen LogP contribution in [0.2, 0.25) is 15.1 Å². The van der Waals surface area contributed by atoms with E-state index in [1.807, 2.05) is 0 Å². The third-order valence-electron chi connectivity index (χ3n) is 5.21. The minimum atomic E-state index is -1.01. The zero-order valence-electron chi connectivity index (χ0n) is 18.9. The Morgan fingerprint density at radius 3 is 2.43 bits per heavy atom. The molecule has 0 unspecified atom stereocenters. The van der Waals surface area contributed by atoms with Crippen LogP contribution in [0.25, 0.3) is 22.6 Å². The molecule has 4 rings (SSSR count). The lowest BCUT2D eigenvalue weighted by Crippen LogP contribution is -2.28. The summed E-state index contributed by atoms with van der Waals surface area (Å²) < 4.78 is 24.6. The van der Waals surface area contributed by atoms with Gasteiger partial charge in [0.15, 0.2) is 5.76 Å². The first-order chi connectivity index (χ1) is 17.7. The fraction of sp³-hybridized carbons (Fsp3) is 0.115. The van der Waals surface area contributed by atoms with Crippen molar-refractivity contribution in [1.29, 1.82) is 0 Å². The van der Waals surface area contributed by atoms with Crippen LogP contribution in [0.5, 0.6) is 5.75 Å². The molecule has 3 aromatic carbocycles. The number of carboxylic acid groups (broad SMARTS) is 1. The molecule has 190 valence electrons. The molecule has 0 fully saturated rings. The first-order valence-electron chi connectivity index (χ1n) is 10.8. The summed E-state index contributed by atoms with van der Waals surface area (Å²) in [4.78, 5) is 24.3. The van der Waals surface area contributed by atoms with Crippen LogP contribution < -0.4 is 10.1 Å². The second-order valence-corrected chi connectivity index (χ2v) is 9.06. The van der Waals surface area contributed by atoms with E-state index in [0.717, 1.165) is 0 Å². The van der Waals surface area contributed by atoms with Crippen molar-refractivity contribution in [3.63, 3.8) is 0 Å². The molecule has 0 saturated heterocycles. The maximum atomic E-state index is 13.5. The summed E-state index contributed by atoms with van der Waals surface area (Å²) in [6.45, 7) is 0.209. The predicted octanol–water partition coefficient (Wildman–Crippen LogP) is 6.54. The van der Waals surface area contributed by atoms with E-state index in [0.29, 0.717) is 32.5 Å². The van der Waals surface area contributed by atoms with E-state index in [2.05, 4.69) is 10.5 Å². The quantitative estimate of drug-likeness (QED) is 0.224. The largest absolute Gasteiger partial charge is 0.490 e. The summed E-state index contributed by atoms with van der Waals surface area (Å²) in [5, 5.41) is 16.8. The molecule has 37 heavy (non-hydrogen) atoms. The zero-order chi connectivity index (χ0) is 26.5. The van der Waals surface area contributed by atoms with E-state index in [1.165, 1.54) is 30.3 Å². The molecule has 0 radical (unpaired) electrons. The number of carboxylic acids is 1. The number of aromatic nitrogens is 1. The lowest BCUT2D eigenvalue weighted by molar-refractivity contribution is -0.136. The number of hydrogen-bond acceptors (Lipinski definition) is 5. The number of benzene rings is 3. The second kappa shape index (κ2) is 11.6. The number of hydrogen-bond donors (Lipinski definition) is 2. The summed E-state index contributed by atoms with van der Waals surface area (Å²) in [6, 6.07) is 14.8. The van der Waals surface area contributed by atoms with Crippen LogP contribution in [-0.2, 0) is 11.2 Å². The Morgan fingerprint density at radius 2 is 1.76 bits per heavy atom. The second-order valence-electron chi connectivity index (χ2n) is 7.81. The third kappa shape index (κ3) is 6.40. The third-order valence-corrected chi connectivity index (χ3v) is 6.05. The lowest BCUT2D eigenvalue weighted by atomic mass is 10.00. The van der Waals surface area contributed by atoms with Crippen molar-refractivity contribution in [2.75, 3.05) is 13.2 Å². The standard InChI is InChI=1S/C26H18Cl3FN2O5/c27-16-4-8-21(20(29)13-16)36-10-9-31-26(35)23-24(18-7-1-14(11-19(18)28)12-22(33)34)32-37-25(23)15-2-5-17(30)6-3-15/h1-8,11,13H,9-10,12H2,(H,31,35)(H,33,34). The number of ether oxygens (including phenoxy) is 1. The molecule has 0 bridgehead atoms. The van der Waals surface area contributed by atoms with Crippen LogP contribution >= 0.6 is 34.8 Å². The monoisotopic (exact) mass is 562 g/mol. The van der Waals surface area contributed by atoms with Crippen LogP contribution in [0.1, 0.15) is 15.9 Å². The van der Waals surface area contributed by atoms with E-state index in [1.54, 1.807) is 30.3 Å². The molecule has 0 atom stereocenters. The molecular weight excluding hydrogens is 546 g/mol. The molecule has 2 N–H and O–H groups in total. The molecule has 0 saturated carbocycles. The van der Waals surface area contributed by atoms with Crippen molar-refractivity contribution in [3.05, 3.63) is 92.7 Å². The lowest BCUT2D eigenvalue weighted by Gasteiger charge is -2.10. The fourth-order valence-electron chi connectivity index (χ4n) is 3.52. The normalized spacial score (nSPS) is 10.8. The SMILES string of the molecule is O=C(O)Cc1ccc(-c2noc(-c3ccc(F)cc3)c2C(=O)NCCOc2ccc(Cl)cc2Cl)c(Cl)c1. The average Bonchev–Trinajstić information content (AvgIpc) is 3.28. The van der Waals surface area contributed by atoms with E-state index in [4.69, 9.17) is 49.2 Å². The number of halogens is 4. The van der Waals surface area contributed by atoms with E-state index >= 15 is 0 Å². The van der Waals surface area contributed by atoms with Crippen molar-refractivity contribution in [3.8, 4) is 28.3 Å². The van der Waals surface area contributed by atoms with Crippen LogP contribution in [0.4, 0.5) is 4.39 Å². The minimum Gasteiger partial charge on any atom is -0.490 e. The van der Waals surface area contributed by atoms with Crippen LogP contribution in [0, 0.1) is 5.82 Å². The molecule has 7 nitrogen and oxygen atoms in total. The molecule has 11 heteroatoms. The van der Waals surface area contributed by atoms with Crippen molar-refractivity contribution < 1.29 is 28.3 Å². The Morgan fingerprint density at radius 1 is 1.00 bits per heavy atom. The molecule has 1 heterocycles. The van der Waals surface area contributed by atoms with Gasteiger partial charge in [-0.25, -0.2) is 4.39 Å². The number of carbonyl (C=O) groups is 2. The number of nitrogens with one attached hydrogen (secondary N) is 1. The number of rotatable bonds is 9. The van der Waals surface area contributed by atoms with Gasteiger partial charge in [-0.2, -0.15) is 0 Å². The topological polar surface area (TPSA) is 102 Å². The first-order valence-corrected chi connectivity index (χ1v) is 12.0.